The highest BCUT2D eigenvalue weighted by Gasteiger charge is 2.08. The monoisotopic (exact) mass is 260 g/mol. The first-order valence-corrected chi connectivity index (χ1v) is 6.29. The van der Waals surface area contributed by atoms with E-state index in [1.54, 1.807) is 20.9 Å². The van der Waals surface area contributed by atoms with Crippen molar-refractivity contribution in [1.29, 1.82) is 0 Å². The first-order chi connectivity index (χ1) is 7.94. The standard InChI is InChI=1S/C7H15NO.C6H13NO.CH4/c1-4-5-7(8-3)6(2)9;1-4-6(7-3)5(2)8;/h7-8H,4-5H2,1-3H3;6-7H,4H2,1-3H3;1H4. The number of carbonyl (C=O) groups is 2. The highest BCUT2D eigenvalue weighted by Crippen LogP contribution is 1.95. The average molecular weight is 260 g/mol. The van der Waals surface area contributed by atoms with E-state index in [2.05, 4.69) is 17.6 Å². The Kier molecular flexibility index (Phi) is 17.9. The van der Waals surface area contributed by atoms with Crippen LogP contribution in [0.4, 0.5) is 0 Å². The number of ketones is 2. The Morgan fingerprint density at radius 3 is 1.39 bits per heavy atom. The van der Waals surface area contributed by atoms with Crippen molar-refractivity contribution in [2.45, 2.75) is 66.5 Å². The van der Waals surface area contributed by atoms with Crippen LogP contribution in [0, 0.1) is 0 Å². The van der Waals surface area contributed by atoms with E-state index >= 15 is 0 Å². The highest BCUT2D eigenvalue weighted by molar-refractivity contribution is 5.81. The van der Waals surface area contributed by atoms with Gasteiger partial charge in [-0.15, -0.1) is 0 Å². The Hall–Kier alpha value is -0.740. The fourth-order valence-corrected chi connectivity index (χ4v) is 1.53. The van der Waals surface area contributed by atoms with Crippen LogP contribution in [0.25, 0.3) is 0 Å². The summed E-state index contributed by atoms with van der Waals surface area (Å²) >= 11 is 0. The van der Waals surface area contributed by atoms with Crippen LogP contribution in [-0.2, 0) is 9.59 Å². The Morgan fingerprint density at radius 1 is 0.944 bits per heavy atom. The predicted octanol–water partition coefficient (Wildman–Crippen LogP) is 2.17. The van der Waals surface area contributed by atoms with Gasteiger partial charge in [-0.3, -0.25) is 9.59 Å². The lowest BCUT2D eigenvalue weighted by Gasteiger charge is -2.09. The second-order valence-corrected chi connectivity index (χ2v) is 4.10. The molecule has 2 N–H and O–H groups in total. The van der Waals surface area contributed by atoms with E-state index in [4.69, 9.17) is 0 Å². The molecule has 18 heavy (non-hydrogen) atoms. The van der Waals surface area contributed by atoms with Crippen molar-refractivity contribution in [2.75, 3.05) is 14.1 Å². The normalized spacial score (nSPS) is 12.6. The minimum Gasteiger partial charge on any atom is -0.311 e. The van der Waals surface area contributed by atoms with Crippen molar-refractivity contribution in [3.8, 4) is 0 Å². The van der Waals surface area contributed by atoms with Crippen LogP contribution in [0.2, 0.25) is 0 Å². The Bertz CT molecular complexity index is 214. The van der Waals surface area contributed by atoms with E-state index in [-0.39, 0.29) is 31.1 Å². The average Bonchev–Trinajstić information content (AvgIpc) is 2.27. The molecule has 0 aromatic rings. The molecule has 0 spiro atoms. The molecule has 2 unspecified atom stereocenters. The number of hydrogen-bond acceptors (Lipinski definition) is 4. The summed E-state index contributed by atoms with van der Waals surface area (Å²) in [7, 11) is 3.62. The molecule has 0 heterocycles. The predicted molar refractivity (Wildman–Crippen MR) is 79.0 cm³/mol. The van der Waals surface area contributed by atoms with E-state index in [0.29, 0.717) is 0 Å². The molecule has 0 amide bonds. The Balaban J connectivity index is -0.000000238. The zero-order valence-corrected chi connectivity index (χ0v) is 12.1. The van der Waals surface area contributed by atoms with Crippen LogP contribution >= 0.6 is 0 Å². The SMILES string of the molecule is C.CCC(NC)C(C)=O.CCCC(NC)C(C)=O. The van der Waals surface area contributed by atoms with E-state index in [1.807, 2.05) is 14.0 Å². The number of hydrogen-bond donors (Lipinski definition) is 2. The maximum Gasteiger partial charge on any atom is 0.146 e. The van der Waals surface area contributed by atoms with E-state index < -0.39 is 0 Å². The number of nitrogens with one attached hydrogen (secondary N) is 2. The number of carbonyl (C=O) groups excluding carboxylic acids is 2. The molecule has 0 saturated heterocycles. The molecule has 0 aliphatic carbocycles. The van der Waals surface area contributed by atoms with Gasteiger partial charge >= 0.3 is 0 Å². The smallest absolute Gasteiger partial charge is 0.146 e. The number of likely N-dealkylation sites (N-methyl/N-ethyl adjacent to an activating group) is 2. The summed E-state index contributed by atoms with van der Waals surface area (Å²) in [6, 6.07) is 0.144. The van der Waals surface area contributed by atoms with Crippen molar-refractivity contribution >= 4 is 11.6 Å². The van der Waals surface area contributed by atoms with Crippen molar-refractivity contribution in [1.82, 2.24) is 10.6 Å². The zero-order chi connectivity index (χ0) is 13.8. The van der Waals surface area contributed by atoms with Gasteiger partial charge in [0, 0.05) is 0 Å². The summed E-state index contributed by atoms with van der Waals surface area (Å²) in [4.78, 5) is 21.2. The molecule has 110 valence electrons. The third kappa shape index (κ3) is 11.7. The quantitative estimate of drug-likeness (QED) is 0.736. The molecule has 0 radical (unpaired) electrons. The summed E-state index contributed by atoms with van der Waals surface area (Å²) in [6.07, 6.45) is 2.89. The fourth-order valence-electron chi connectivity index (χ4n) is 1.53. The van der Waals surface area contributed by atoms with Crippen LogP contribution in [0.3, 0.4) is 0 Å². The molecule has 0 aromatic carbocycles. The molecule has 0 aromatic heterocycles. The highest BCUT2D eigenvalue weighted by atomic mass is 16.1. The molecular weight excluding hydrogens is 228 g/mol. The molecule has 4 heteroatoms. The van der Waals surface area contributed by atoms with Crippen LogP contribution in [0.5, 0.6) is 0 Å². The molecule has 0 rings (SSSR count). The zero-order valence-electron chi connectivity index (χ0n) is 12.1. The van der Waals surface area contributed by atoms with Crippen molar-refractivity contribution in [3.63, 3.8) is 0 Å². The van der Waals surface area contributed by atoms with Gasteiger partial charge in [0.2, 0.25) is 0 Å². The molecule has 0 saturated carbocycles. The van der Waals surface area contributed by atoms with Gasteiger partial charge < -0.3 is 10.6 Å². The van der Waals surface area contributed by atoms with E-state index in [9.17, 15) is 9.59 Å². The van der Waals surface area contributed by atoms with Crippen molar-refractivity contribution < 1.29 is 9.59 Å². The lowest BCUT2D eigenvalue weighted by Crippen LogP contribution is -2.31. The molecule has 0 bridgehead atoms. The van der Waals surface area contributed by atoms with Gasteiger partial charge in [-0.2, -0.15) is 0 Å². The first kappa shape index (κ1) is 22.4. The Labute approximate surface area is 113 Å². The lowest BCUT2D eigenvalue weighted by molar-refractivity contribution is -0.119. The van der Waals surface area contributed by atoms with Gasteiger partial charge in [0.1, 0.15) is 11.6 Å². The molecular formula is C14H32N2O2. The minimum absolute atomic E-state index is 0. The minimum atomic E-state index is 0. The van der Waals surface area contributed by atoms with Crippen LogP contribution in [0.1, 0.15) is 54.4 Å². The summed E-state index contributed by atoms with van der Waals surface area (Å²) in [5.74, 6) is 0.453. The van der Waals surface area contributed by atoms with Crippen molar-refractivity contribution in [2.24, 2.45) is 0 Å². The largest absolute Gasteiger partial charge is 0.311 e. The summed E-state index contributed by atoms with van der Waals surface area (Å²) in [5.41, 5.74) is 0. The number of Topliss-reactive ketones (excluding diaryl/α,β-unsaturated/α-hetero) is 2. The summed E-state index contributed by atoms with van der Waals surface area (Å²) < 4.78 is 0. The van der Waals surface area contributed by atoms with Crippen LogP contribution in [-0.4, -0.2) is 37.7 Å². The van der Waals surface area contributed by atoms with Crippen LogP contribution in [0.15, 0.2) is 0 Å². The maximum absolute atomic E-state index is 10.7. The molecule has 0 aliphatic heterocycles. The molecule has 2 atom stereocenters. The topological polar surface area (TPSA) is 58.2 Å². The van der Waals surface area contributed by atoms with E-state index in [1.165, 1.54) is 0 Å². The first-order valence-electron chi connectivity index (χ1n) is 6.29. The fraction of sp³-hybridized carbons (Fsp3) is 0.857. The molecule has 0 fully saturated rings. The van der Waals surface area contributed by atoms with E-state index in [0.717, 1.165) is 19.3 Å². The second-order valence-electron chi connectivity index (χ2n) is 4.10. The third-order valence-corrected chi connectivity index (χ3v) is 2.66. The van der Waals surface area contributed by atoms with Gasteiger partial charge in [0.15, 0.2) is 0 Å². The maximum atomic E-state index is 10.7. The van der Waals surface area contributed by atoms with Gasteiger partial charge in [-0.1, -0.05) is 27.7 Å². The molecule has 0 aliphatic rings. The third-order valence-electron chi connectivity index (χ3n) is 2.66. The summed E-state index contributed by atoms with van der Waals surface area (Å²) in [6.45, 7) is 7.29. The summed E-state index contributed by atoms with van der Waals surface area (Å²) in [5, 5.41) is 5.85. The Morgan fingerprint density at radius 2 is 1.33 bits per heavy atom. The second kappa shape index (κ2) is 14.3. The molecule has 4 nitrogen and oxygen atoms in total. The van der Waals surface area contributed by atoms with Crippen LogP contribution < -0.4 is 10.6 Å². The lowest BCUT2D eigenvalue weighted by atomic mass is 10.1. The van der Waals surface area contributed by atoms with Gasteiger partial charge in [-0.05, 0) is 40.8 Å². The van der Waals surface area contributed by atoms with Gasteiger partial charge in [-0.25, -0.2) is 0 Å². The number of rotatable bonds is 7. The van der Waals surface area contributed by atoms with Gasteiger partial charge in [0.05, 0.1) is 12.1 Å². The van der Waals surface area contributed by atoms with Crippen molar-refractivity contribution in [3.05, 3.63) is 0 Å². The van der Waals surface area contributed by atoms with Gasteiger partial charge in [0.25, 0.3) is 0 Å².